The predicted octanol–water partition coefficient (Wildman–Crippen LogP) is 3.71. The van der Waals surface area contributed by atoms with Crippen molar-refractivity contribution >= 4 is 0 Å². The first-order valence-corrected chi connectivity index (χ1v) is 5.74. The van der Waals surface area contributed by atoms with Gasteiger partial charge in [-0.15, -0.1) is 10.2 Å². The van der Waals surface area contributed by atoms with Crippen LogP contribution in [0.1, 0.15) is 11.6 Å². The van der Waals surface area contributed by atoms with E-state index in [0.29, 0.717) is 6.92 Å². The SMILES string of the molecule is Cc1nnc2n1C(C(F)(F)F)(C(F)(F)F)OC2(C(F)(F)F)C(F)(F)F. The fourth-order valence-electron chi connectivity index (χ4n) is 2.34. The number of alkyl halides is 12. The van der Waals surface area contributed by atoms with Gasteiger partial charge < -0.3 is 4.74 Å². The van der Waals surface area contributed by atoms with Crippen LogP contribution in [-0.2, 0) is 16.1 Å². The Hall–Kier alpha value is -1.74. The van der Waals surface area contributed by atoms with E-state index in [9.17, 15) is 52.7 Å². The highest BCUT2D eigenvalue weighted by Gasteiger charge is 2.90. The lowest BCUT2D eigenvalue weighted by molar-refractivity contribution is -0.479. The van der Waals surface area contributed by atoms with Gasteiger partial charge in [0.05, 0.1) is 0 Å². The van der Waals surface area contributed by atoms with Gasteiger partial charge in [-0.05, 0) is 6.92 Å². The van der Waals surface area contributed by atoms with Crippen molar-refractivity contribution in [3.63, 3.8) is 0 Å². The van der Waals surface area contributed by atoms with Crippen molar-refractivity contribution < 1.29 is 57.4 Å². The molecular formula is C9H3F12N3O. The second kappa shape index (κ2) is 4.70. The number of fused-ring (bicyclic) bond motifs is 1. The molecule has 1 aliphatic heterocycles. The maximum Gasteiger partial charge on any atom is 0.447 e. The van der Waals surface area contributed by atoms with Gasteiger partial charge >= 0.3 is 36.0 Å². The molecule has 2 heterocycles. The van der Waals surface area contributed by atoms with Gasteiger partial charge in [0, 0.05) is 0 Å². The van der Waals surface area contributed by atoms with E-state index in [1.165, 1.54) is 0 Å². The minimum absolute atomic E-state index is 0.314. The number of ether oxygens (including phenoxy) is 1. The maximum absolute atomic E-state index is 13.1. The Labute approximate surface area is 128 Å². The summed E-state index contributed by atoms with van der Waals surface area (Å²) in [6, 6.07) is 0. The van der Waals surface area contributed by atoms with Crippen molar-refractivity contribution in [2.45, 2.75) is 43.0 Å². The van der Waals surface area contributed by atoms with Gasteiger partial charge in [0.2, 0.25) is 0 Å². The minimum Gasteiger partial charge on any atom is -0.308 e. The molecule has 0 spiro atoms. The van der Waals surface area contributed by atoms with Crippen molar-refractivity contribution in [1.29, 1.82) is 0 Å². The third-order valence-corrected chi connectivity index (χ3v) is 3.32. The normalized spacial score (nSPS) is 20.7. The lowest BCUT2D eigenvalue weighted by atomic mass is 10.0. The van der Waals surface area contributed by atoms with Crippen molar-refractivity contribution in [3.8, 4) is 0 Å². The Morgan fingerprint density at radius 3 is 1.44 bits per heavy atom. The fraction of sp³-hybridized carbons (Fsp3) is 0.778. The molecule has 0 fully saturated rings. The van der Waals surface area contributed by atoms with Crippen molar-refractivity contribution in [1.82, 2.24) is 14.8 Å². The molecular weight excluding hydrogens is 394 g/mol. The average molecular weight is 397 g/mol. The van der Waals surface area contributed by atoms with Crippen LogP contribution in [0.5, 0.6) is 0 Å². The smallest absolute Gasteiger partial charge is 0.308 e. The third-order valence-electron chi connectivity index (χ3n) is 3.32. The molecule has 2 rings (SSSR count). The number of hydrogen-bond acceptors (Lipinski definition) is 3. The Morgan fingerprint density at radius 2 is 1.12 bits per heavy atom. The average Bonchev–Trinajstić information content (AvgIpc) is 2.83. The minimum atomic E-state index is -6.76. The Bertz CT molecular complexity index is 650. The summed E-state index contributed by atoms with van der Waals surface area (Å²) in [5, 5.41) is 4.77. The van der Waals surface area contributed by atoms with Gasteiger partial charge in [-0.1, -0.05) is 0 Å². The number of rotatable bonds is 0. The highest BCUT2D eigenvalue weighted by molar-refractivity contribution is 5.23. The summed E-state index contributed by atoms with van der Waals surface area (Å²) in [5.41, 5.74) is -12.0. The second-order valence-electron chi connectivity index (χ2n) is 4.82. The number of aryl methyl sites for hydroxylation is 1. The van der Waals surface area contributed by atoms with Crippen LogP contribution in [0.25, 0.3) is 0 Å². The molecule has 25 heavy (non-hydrogen) atoms. The van der Waals surface area contributed by atoms with E-state index in [1.54, 1.807) is 0 Å². The van der Waals surface area contributed by atoms with Crippen LogP contribution in [0.4, 0.5) is 52.7 Å². The van der Waals surface area contributed by atoms with Crippen molar-refractivity contribution in [2.75, 3.05) is 0 Å². The molecule has 0 saturated heterocycles. The molecule has 0 amide bonds. The predicted molar refractivity (Wildman–Crippen MR) is 49.7 cm³/mol. The van der Waals surface area contributed by atoms with Crippen molar-refractivity contribution in [2.24, 2.45) is 0 Å². The van der Waals surface area contributed by atoms with E-state index >= 15 is 0 Å². The largest absolute Gasteiger partial charge is 0.447 e. The molecule has 0 atom stereocenters. The second-order valence-corrected chi connectivity index (χ2v) is 4.82. The molecule has 1 aromatic rings. The van der Waals surface area contributed by atoms with E-state index in [4.69, 9.17) is 0 Å². The quantitative estimate of drug-likeness (QED) is 0.627. The monoisotopic (exact) mass is 397 g/mol. The molecule has 4 nitrogen and oxygen atoms in total. The maximum atomic E-state index is 13.1. The summed E-state index contributed by atoms with van der Waals surface area (Å²) in [6.07, 6.45) is -27.0. The van der Waals surface area contributed by atoms with Crippen LogP contribution in [0, 0.1) is 6.92 Å². The van der Waals surface area contributed by atoms with Gasteiger partial charge in [0.1, 0.15) is 5.82 Å². The van der Waals surface area contributed by atoms with Gasteiger partial charge in [-0.2, -0.15) is 52.7 Å². The summed E-state index contributed by atoms with van der Waals surface area (Å²) in [4.78, 5) is 0. The van der Waals surface area contributed by atoms with E-state index in [-0.39, 0.29) is 0 Å². The molecule has 1 aliphatic rings. The summed E-state index contributed by atoms with van der Waals surface area (Å²) in [5.74, 6) is -4.24. The van der Waals surface area contributed by atoms with E-state index in [2.05, 4.69) is 14.9 Å². The lowest BCUT2D eigenvalue weighted by Crippen LogP contribution is -2.62. The Kier molecular flexibility index (Phi) is 3.68. The zero-order chi connectivity index (χ0) is 19.9. The standard InChI is InChI=1S/C9H3F12N3O/c1-2-22-23-3-4(6(10,11)12,7(13,14)15)25-5(24(2)3,8(16,17)18)9(19,20)21/h1H3. The highest BCUT2D eigenvalue weighted by atomic mass is 19.4. The van der Waals surface area contributed by atoms with Gasteiger partial charge in [-0.3, -0.25) is 4.57 Å². The molecule has 16 heteroatoms. The number of nitrogens with zero attached hydrogens (tertiary/aromatic N) is 3. The number of hydrogen-bond donors (Lipinski definition) is 0. The first kappa shape index (κ1) is 19.6. The summed E-state index contributed by atoms with van der Waals surface area (Å²) >= 11 is 0. The topological polar surface area (TPSA) is 39.9 Å². The lowest BCUT2D eigenvalue weighted by Gasteiger charge is -2.38. The number of aromatic nitrogens is 3. The van der Waals surface area contributed by atoms with Crippen LogP contribution >= 0.6 is 0 Å². The molecule has 0 aliphatic carbocycles. The Morgan fingerprint density at radius 1 is 0.720 bits per heavy atom. The van der Waals surface area contributed by atoms with Crippen LogP contribution < -0.4 is 0 Å². The molecule has 0 radical (unpaired) electrons. The van der Waals surface area contributed by atoms with Crippen LogP contribution in [0.15, 0.2) is 0 Å². The number of halogens is 12. The summed E-state index contributed by atoms with van der Waals surface area (Å²) in [7, 11) is 0. The molecule has 0 aromatic carbocycles. The molecule has 0 bridgehead atoms. The fourth-order valence-corrected chi connectivity index (χ4v) is 2.34. The van der Waals surface area contributed by atoms with Crippen LogP contribution in [-0.4, -0.2) is 39.5 Å². The van der Waals surface area contributed by atoms with Gasteiger partial charge in [-0.25, -0.2) is 0 Å². The van der Waals surface area contributed by atoms with E-state index < -0.39 is 52.2 Å². The molecule has 0 unspecified atom stereocenters. The van der Waals surface area contributed by atoms with E-state index in [1.807, 2.05) is 0 Å². The molecule has 144 valence electrons. The zero-order valence-corrected chi connectivity index (χ0v) is 11.3. The van der Waals surface area contributed by atoms with Gasteiger partial charge in [0.25, 0.3) is 0 Å². The van der Waals surface area contributed by atoms with Crippen LogP contribution in [0.3, 0.4) is 0 Å². The zero-order valence-electron chi connectivity index (χ0n) is 11.3. The Balaban J connectivity index is 3.04. The summed E-state index contributed by atoms with van der Waals surface area (Å²) < 4.78 is 158. The van der Waals surface area contributed by atoms with Crippen molar-refractivity contribution in [3.05, 3.63) is 11.6 Å². The molecule has 1 aromatic heterocycles. The highest BCUT2D eigenvalue weighted by Crippen LogP contribution is 2.65. The summed E-state index contributed by atoms with van der Waals surface area (Å²) in [6.45, 7) is 0.314. The van der Waals surface area contributed by atoms with E-state index in [0.717, 1.165) is 0 Å². The van der Waals surface area contributed by atoms with Gasteiger partial charge in [0.15, 0.2) is 5.82 Å². The first-order valence-electron chi connectivity index (χ1n) is 5.74. The third kappa shape index (κ3) is 2.15. The van der Waals surface area contributed by atoms with Crippen LogP contribution in [0.2, 0.25) is 0 Å². The molecule has 0 saturated carbocycles. The first-order chi connectivity index (χ1) is 10.8. The molecule has 0 N–H and O–H groups in total.